The Kier molecular flexibility index (Phi) is 1.96. The van der Waals surface area contributed by atoms with Gasteiger partial charge in [-0.25, -0.2) is 4.39 Å². The van der Waals surface area contributed by atoms with Gasteiger partial charge in [0, 0.05) is 19.6 Å². The molecule has 0 aliphatic carbocycles. The Balaban J connectivity index is 2.44. The normalized spacial score (nSPS) is 20.5. The first-order chi connectivity index (χ1) is 6.24. The lowest BCUT2D eigenvalue weighted by molar-refractivity contribution is 0.615. The number of hydrogen-bond donors (Lipinski definition) is 1. The van der Waals surface area contributed by atoms with Crippen LogP contribution in [0.4, 0.5) is 10.1 Å². The second-order valence-corrected chi connectivity index (χ2v) is 3.45. The molecule has 0 radical (unpaired) electrons. The van der Waals surface area contributed by atoms with Crippen LogP contribution in [0.15, 0.2) is 18.2 Å². The van der Waals surface area contributed by atoms with Crippen LogP contribution in [0.25, 0.3) is 0 Å². The summed E-state index contributed by atoms with van der Waals surface area (Å²) in [5.74, 6) is -0.143. The molecule has 1 atom stereocenters. The lowest BCUT2D eigenvalue weighted by atomic mass is 10.1. The highest BCUT2D eigenvalue weighted by Crippen LogP contribution is 2.32. The zero-order valence-electron chi connectivity index (χ0n) is 7.63. The van der Waals surface area contributed by atoms with Gasteiger partial charge in [0.05, 0.1) is 5.69 Å². The standard InChI is InChI=1S/C10H13FN2/c1-13-8(6-12)5-7-3-2-4-9(11)10(7)13/h2-4,8H,5-6,12H2,1H3. The van der Waals surface area contributed by atoms with Crippen molar-refractivity contribution in [1.29, 1.82) is 0 Å². The molecule has 0 aromatic heterocycles. The zero-order chi connectivity index (χ0) is 9.42. The molecule has 0 saturated carbocycles. The topological polar surface area (TPSA) is 29.3 Å². The summed E-state index contributed by atoms with van der Waals surface area (Å²) in [4.78, 5) is 1.94. The van der Waals surface area contributed by atoms with E-state index in [4.69, 9.17) is 5.73 Å². The van der Waals surface area contributed by atoms with E-state index in [9.17, 15) is 4.39 Å². The van der Waals surface area contributed by atoms with Gasteiger partial charge in [0.25, 0.3) is 0 Å². The van der Waals surface area contributed by atoms with Gasteiger partial charge in [-0.2, -0.15) is 0 Å². The van der Waals surface area contributed by atoms with Gasteiger partial charge in [-0.3, -0.25) is 0 Å². The molecule has 1 aliphatic rings. The van der Waals surface area contributed by atoms with E-state index in [1.54, 1.807) is 6.07 Å². The van der Waals surface area contributed by atoms with Gasteiger partial charge in [-0.15, -0.1) is 0 Å². The molecule has 1 aromatic rings. The van der Waals surface area contributed by atoms with Crippen LogP contribution in [0.1, 0.15) is 5.56 Å². The number of nitrogens with two attached hydrogens (primary N) is 1. The van der Waals surface area contributed by atoms with Crippen molar-refractivity contribution < 1.29 is 4.39 Å². The number of halogens is 1. The third kappa shape index (κ3) is 1.20. The van der Waals surface area contributed by atoms with Crippen molar-refractivity contribution in [3.05, 3.63) is 29.6 Å². The van der Waals surface area contributed by atoms with Crippen molar-refractivity contribution in [1.82, 2.24) is 0 Å². The number of likely N-dealkylation sites (N-methyl/N-ethyl adjacent to an activating group) is 1. The first-order valence-corrected chi connectivity index (χ1v) is 4.44. The van der Waals surface area contributed by atoms with Gasteiger partial charge in [-0.1, -0.05) is 12.1 Å². The van der Waals surface area contributed by atoms with E-state index in [2.05, 4.69) is 0 Å². The fourth-order valence-corrected chi connectivity index (χ4v) is 1.93. The van der Waals surface area contributed by atoms with E-state index in [1.165, 1.54) is 6.07 Å². The zero-order valence-corrected chi connectivity index (χ0v) is 7.63. The first-order valence-electron chi connectivity index (χ1n) is 4.44. The number of rotatable bonds is 1. The number of hydrogen-bond acceptors (Lipinski definition) is 2. The van der Waals surface area contributed by atoms with Crippen molar-refractivity contribution in [2.75, 3.05) is 18.5 Å². The molecule has 2 rings (SSSR count). The van der Waals surface area contributed by atoms with Gasteiger partial charge >= 0.3 is 0 Å². The average Bonchev–Trinajstić information content (AvgIpc) is 2.44. The molecule has 1 aliphatic heterocycles. The Morgan fingerprint density at radius 2 is 2.38 bits per heavy atom. The van der Waals surface area contributed by atoms with Crippen LogP contribution in [-0.4, -0.2) is 19.6 Å². The molecule has 3 heteroatoms. The summed E-state index contributed by atoms with van der Waals surface area (Å²) in [5, 5.41) is 0. The predicted octanol–water partition coefficient (Wildman–Crippen LogP) is 1.15. The van der Waals surface area contributed by atoms with Crippen molar-refractivity contribution in [2.24, 2.45) is 5.73 Å². The fourth-order valence-electron chi connectivity index (χ4n) is 1.93. The van der Waals surface area contributed by atoms with Crippen LogP contribution < -0.4 is 10.6 Å². The molecule has 0 bridgehead atoms. The monoisotopic (exact) mass is 180 g/mol. The van der Waals surface area contributed by atoms with Crippen LogP contribution in [0, 0.1) is 5.82 Å². The van der Waals surface area contributed by atoms with E-state index >= 15 is 0 Å². The summed E-state index contributed by atoms with van der Waals surface area (Å²) in [5.41, 5.74) is 7.38. The maximum absolute atomic E-state index is 13.4. The maximum atomic E-state index is 13.4. The van der Waals surface area contributed by atoms with Crippen LogP contribution in [0.3, 0.4) is 0 Å². The molecule has 2 N–H and O–H groups in total. The number of fused-ring (bicyclic) bond motifs is 1. The van der Waals surface area contributed by atoms with Gasteiger partial charge in [0.2, 0.25) is 0 Å². The summed E-state index contributed by atoms with van der Waals surface area (Å²) in [6.07, 6.45) is 0.861. The van der Waals surface area contributed by atoms with E-state index in [0.717, 1.165) is 17.7 Å². The number of benzene rings is 1. The van der Waals surface area contributed by atoms with Crippen LogP contribution in [0.5, 0.6) is 0 Å². The molecule has 0 amide bonds. The third-order valence-corrected chi connectivity index (χ3v) is 2.70. The Morgan fingerprint density at radius 3 is 3.00 bits per heavy atom. The highest BCUT2D eigenvalue weighted by Gasteiger charge is 2.27. The van der Waals surface area contributed by atoms with Crippen LogP contribution in [-0.2, 0) is 6.42 Å². The summed E-state index contributed by atoms with van der Waals surface area (Å²) in [7, 11) is 1.90. The van der Waals surface area contributed by atoms with E-state index in [-0.39, 0.29) is 11.9 Å². The quantitative estimate of drug-likeness (QED) is 0.702. The van der Waals surface area contributed by atoms with Gasteiger partial charge in [0.15, 0.2) is 0 Å². The molecule has 1 aromatic carbocycles. The smallest absolute Gasteiger partial charge is 0.146 e. The van der Waals surface area contributed by atoms with Gasteiger partial charge < -0.3 is 10.6 Å². The molecule has 1 unspecified atom stereocenters. The first kappa shape index (κ1) is 8.51. The summed E-state index contributed by atoms with van der Waals surface area (Å²) in [6.45, 7) is 0.574. The molecule has 0 saturated heterocycles. The maximum Gasteiger partial charge on any atom is 0.146 e. The molecular weight excluding hydrogens is 167 g/mol. The van der Waals surface area contributed by atoms with E-state index < -0.39 is 0 Å². The second kappa shape index (κ2) is 3.00. The number of nitrogens with zero attached hydrogens (tertiary/aromatic N) is 1. The molecule has 13 heavy (non-hydrogen) atoms. The lowest BCUT2D eigenvalue weighted by Crippen LogP contribution is -2.35. The lowest BCUT2D eigenvalue weighted by Gasteiger charge is -2.20. The molecule has 2 nitrogen and oxygen atoms in total. The highest BCUT2D eigenvalue weighted by atomic mass is 19.1. The minimum absolute atomic E-state index is 0.143. The summed E-state index contributed by atoms with van der Waals surface area (Å²) < 4.78 is 13.4. The number of anilines is 1. The molecule has 0 fully saturated rings. The molecule has 0 spiro atoms. The average molecular weight is 180 g/mol. The van der Waals surface area contributed by atoms with Crippen molar-refractivity contribution in [3.63, 3.8) is 0 Å². The Bertz CT molecular complexity index is 325. The summed E-state index contributed by atoms with van der Waals surface area (Å²) >= 11 is 0. The Labute approximate surface area is 77.2 Å². The minimum atomic E-state index is -0.143. The highest BCUT2D eigenvalue weighted by molar-refractivity contribution is 5.59. The van der Waals surface area contributed by atoms with Crippen LogP contribution in [0.2, 0.25) is 0 Å². The Hall–Kier alpha value is -1.09. The van der Waals surface area contributed by atoms with E-state index in [0.29, 0.717) is 6.54 Å². The van der Waals surface area contributed by atoms with Crippen molar-refractivity contribution in [3.8, 4) is 0 Å². The minimum Gasteiger partial charge on any atom is -0.367 e. The fraction of sp³-hybridized carbons (Fsp3) is 0.400. The van der Waals surface area contributed by atoms with E-state index in [1.807, 2.05) is 18.0 Å². The largest absolute Gasteiger partial charge is 0.367 e. The Morgan fingerprint density at radius 1 is 1.62 bits per heavy atom. The summed E-state index contributed by atoms with van der Waals surface area (Å²) in [6, 6.07) is 5.46. The van der Waals surface area contributed by atoms with Crippen molar-refractivity contribution >= 4 is 5.69 Å². The van der Waals surface area contributed by atoms with Crippen LogP contribution >= 0.6 is 0 Å². The molecular formula is C10H13FN2. The number of para-hydroxylation sites is 1. The second-order valence-electron chi connectivity index (χ2n) is 3.45. The third-order valence-electron chi connectivity index (χ3n) is 2.70. The van der Waals surface area contributed by atoms with Crippen molar-refractivity contribution in [2.45, 2.75) is 12.5 Å². The molecule has 1 heterocycles. The molecule has 70 valence electrons. The predicted molar refractivity (Wildman–Crippen MR) is 51.3 cm³/mol. The van der Waals surface area contributed by atoms with Gasteiger partial charge in [0.1, 0.15) is 5.82 Å². The SMILES string of the molecule is CN1c2c(F)cccc2CC1CN. The van der Waals surface area contributed by atoms with Gasteiger partial charge in [-0.05, 0) is 18.1 Å².